The molecule has 0 saturated heterocycles. The number of hydrogen-bond acceptors (Lipinski definition) is 3. The van der Waals surface area contributed by atoms with Crippen molar-refractivity contribution in [2.24, 2.45) is 0 Å². The zero-order chi connectivity index (χ0) is 16.0. The van der Waals surface area contributed by atoms with Crippen LogP contribution >= 0.6 is 0 Å². The number of nitrogens with one attached hydrogen (secondary N) is 1. The van der Waals surface area contributed by atoms with E-state index in [0.29, 0.717) is 18.7 Å². The topological polar surface area (TPSA) is 49.4 Å². The summed E-state index contributed by atoms with van der Waals surface area (Å²) in [5, 5.41) is 3.16. The second kappa shape index (κ2) is 7.68. The Morgan fingerprint density at radius 3 is 2.62 bits per heavy atom. The Balaban J connectivity index is 3.25. The summed E-state index contributed by atoms with van der Waals surface area (Å²) in [7, 11) is -3.73. The molecule has 0 bridgehead atoms. The lowest BCUT2D eigenvalue weighted by atomic mass is 10.2. The smallest absolute Gasteiger partial charge is 0.243 e. The van der Waals surface area contributed by atoms with Gasteiger partial charge in [-0.25, -0.2) is 12.8 Å². The molecule has 0 spiro atoms. The van der Waals surface area contributed by atoms with Gasteiger partial charge in [-0.15, -0.1) is 6.58 Å². The van der Waals surface area contributed by atoms with Crippen molar-refractivity contribution in [1.82, 2.24) is 9.62 Å². The highest BCUT2D eigenvalue weighted by molar-refractivity contribution is 7.89. The Bertz CT molecular complexity index is 585. The van der Waals surface area contributed by atoms with Gasteiger partial charge in [-0.2, -0.15) is 4.31 Å². The van der Waals surface area contributed by atoms with E-state index < -0.39 is 15.8 Å². The molecule has 1 N–H and O–H groups in total. The minimum absolute atomic E-state index is 0.0133. The van der Waals surface area contributed by atoms with Gasteiger partial charge in [0, 0.05) is 25.7 Å². The quantitative estimate of drug-likeness (QED) is 0.750. The van der Waals surface area contributed by atoms with Gasteiger partial charge < -0.3 is 5.32 Å². The third-order valence-corrected chi connectivity index (χ3v) is 5.06. The van der Waals surface area contributed by atoms with Crippen LogP contribution in [0.15, 0.2) is 35.7 Å². The first-order chi connectivity index (χ1) is 9.82. The van der Waals surface area contributed by atoms with Crippen molar-refractivity contribution < 1.29 is 12.8 Å². The van der Waals surface area contributed by atoms with E-state index in [0.717, 1.165) is 6.07 Å². The van der Waals surface area contributed by atoms with Crippen LogP contribution in [0.4, 0.5) is 4.39 Å². The average molecular weight is 314 g/mol. The molecule has 6 heteroatoms. The van der Waals surface area contributed by atoms with E-state index in [1.54, 1.807) is 6.92 Å². The zero-order valence-corrected chi connectivity index (χ0v) is 13.6. The first kappa shape index (κ1) is 17.8. The van der Waals surface area contributed by atoms with Gasteiger partial charge in [-0.3, -0.25) is 0 Å². The summed E-state index contributed by atoms with van der Waals surface area (Å²) >= 11 is 0. The first-order valence-electron chi connectivity index (χ1n) is 6.95. The van der Waals surface area contributed by atoms with Crippen LogP contribution in [-0.4, -0.2) is 31.9 Å². The van der Waals surface area contributed by atoms with Crippen molar-refractivity contribution >= 4 is 10.0 Å². The largest absolute Gasteiger partial charge is 0.310 e. The van der Waals surface area contributed by atoms with E-state index in [9.17, 15) is 12.8 Å². The van der Waals surface area contributed by atoms with Gasteiger partial charge in [-0.1, -0.05) is 32.9 Å². The van der Waals surface area contributed by atoms with Crippen molar-refractivity contribution in [2.75, 3.05) is 13.1 Å². The molecule has 0 aromatic heterocycles. The molecular weight excluding hydrogens is 291 g/mol. The van der Waals surface area contributed by atoms with Crippen LogP contribution in [-0.2, 0) is 16.6 Å². The Hall–Kier alpha value is -1.24. The summed E-state index contributed by atoms with van der Waals surface area (Å²) in [6.07, 6.45) is 1.52. The molecule has 0 radical (unpaired) electrons. The highest BCUT2D eigenvalue weighted by Crippen LogP contribution is 2.21. The van der Waals surface area contributed by atoms with Gasteiger partial charge in [0.15, 0.2) is 0 Å². The van der Waals surface area contributed by atoms with E-state index >= 15 is 0 Å². The molecule has 0 atom stereocenters. The van der Waals surface area contributed by atoms with Crippen LogP contribution in [0.2, 0.25) is 0 Å². The van der Waals surface area contributed by atoms with Crippen molar-refractivity contribution in [3.05, 3.63) is 42.2 Å². The van der Waals surface area contributed by atoms with Crippen molar-refractivity contribution in [2.45, 2.75) is 38.3 Å². The maximum absolute atomic E-state index is 13.5. The predicted octanol–water partition coefficient (Wildman–Crippen LogP) is 2.52. The van der Waals surface area contributed by atoms with Crippen LogP contribution in [0.25, 0.3) is 0 Å². The molecule has 0 aliphatic rings. The molecule has 1 aromatic carbocycles. The number of hydrogen-bond donors (Lipinski definition) is 1. The second-order valence-corrected chi connectivity index (χ2v) is 6.94. The number of nitrogens with zero attached hydrogens (tertiary/aromatic N) is 1. The lowest BCUT2D eigenvalue weighted by Gasteiger charge is -2.21. The minimum Gasteiger partial charge on any atom is -0.310 e. The van der Waals surface area contributed by atoms with Crippen LogP contribution in [0.3, 0.4) is 0 Å². The van der Waals surface area contributed by atoms with E-state index in [4.69, 9.17) is 0 Å². The lowest BCUT2D eigenvalue weighted by Crippen LogP contribution is -2.32. The summed E-state index contributed by atoms with van der Waals surface area (Å²) in [5.74, 6) is -0.559. The van der Waals surface area contributed by atoms with Crippen molar-refractivity contribution in [3.63, 3.8) is 0 Å². The third kappa shape index (κ3) is 4.62. The molecule has 0 aliphatic carbocycles. The van der Waals surface area contributed by atoms with Gasteiger partial charge in [0.05, 0.1) is 4.90 Å². The minimum atomic E-state index is -3.73. The van der Waals surface area contributed by atoms with Gasteiger partial charge in [-0.05, 0) is 17.7 Å². The van der Waals surface area contributed by atoms with E-state index in [1.165, 1.54) is 22.5 Å². The fourth-order valence-corrected chi connectivity index (χ4v) is 3.56. The molecular formula is C15H23FN2O2S. The van der Waals surface area contributed by atoms with Gasteiger partial charge in [0.1, 0.15) is 5.82 Å². The SMILES string of the molecule is C=CCN(CC)S(=O)(=O)c1cc(F)ccc1CNC(C)C. The molecule has 4 nitrogen and oxygen atoms in total. The third-order valence-electron chi connectivity index (χ3n) is 3.03. The summed E-state index contributed by atoms with van der Waals surface area (Å²) in [6, 6.07) is 4.08. The number of rotatable bonds is 8. The van der Waals surface area contributed by atoms with Crippen molar-refractivity contribution in [3.8, 4) is 0 Å². The van der Waals surface area contributed by atoms with Gasteiger partial charge >= 0.3 is 0 Å². The summed E-state index contributed by atoms with van der Waals surface area (Å²) in [4.78, 5) is 0.0133. The molecule has 1 aromatic rings. The second-order valence-electron chi connectivity index (χ2n) is 5.03. The number of benzene rings is 1. The monoisotopic (exact) mass is 314 g/mol. The molecule has 118 valence electrons. The highest BCUT2D eigenvalue weighted by atomic mass is 32.2. The average Bonchev–Trinajstić information content (AvgIpc) is 2.42. The zero-order valence-electron chi connectivity index (χ0n) is 12.8. The lowest BCUT2D eigenvalue weighted by molar-refractivity contribution is 0.457. The molecule has 21 heavy (non-hydrogen) atoms. The fourth-order valence-electron chi connectivity index (χ4n) is 1.91. The molecule has 0 unspecified atom stereocenters. The molecule has 0 aliphatic heterocycles. The summed E-state index contributed by atoms with van der Waals surface area (Å²) in [5.41, 5.74) is 0.563. The predicted molar refractivity (Wildman–Crippen MR) is 83.0 cm³/mol. The molecule has 0 amide bonds. The molecule has 0 heterocycles. The maximum Gasteiger partial charge on any atom is 0.243 e. The van der Waals surface area contributed by atoms with E-state index in [-0.39, 0.29) is 17.5 Å². The summed E-state index contributed by atoms with van der Waals surface area (Å²) in [6.45, 7) is 10.1. The Morgan fingerprint density at radius 2 is 2.10 bits per heavy atom. The molecule has 0 fully saturated rings. The van der Waals surface area contributed by atoms with Crippen LogP contribution in [0.5, 0.6) is 0 Å². The van der Waals surface area contributed by atoms with E-state index in [2.05, 4.69) is 11.9 Å². The Kier molecular flexibility index (Phi) is 6.51. The maximum atomic E-state index is 13.5. The highest BCUT2D eigenvalue weighted by Gasteiger charge is 2.25. The number of sulfonamides is 1. The van der Waals surface area contributed by atoms with Gasteiger partial charge in [0.2, 0.25) is 10.0 Å². The van der Waals surface area contributed by atoms with Crippen LogP contribution < -0.4 is 5.32 Å². The van der Waals surface area contributed by atoms with Crippen LogP contribution in [0.1, 0.15) is 26.3 Å². The van der Waals surface area contributed by atoms with E-state index in [1.807, 2.05) is 13.8 Å². The standard InChI is InChI=1S/C15H23FN2O2S/c1-5-9-18(6-2)21(19,20)15-10-14(16)8-7-13(15)11-17-12(3)4/h5,7-8,10,12,17H,1,6,9,11H2,2-4H3. The summed E-state index contributed by atoms with van der Waals surface area (Å²) < 4.78 is 40.1. The number of likely N-dealkylation sites (N-methyl/N-ethyl adjacent to an activating group) is 1. The molecule has 1 rings (SSSR count). The Morgan fingerprint density at radius 1 is 1.43 bits per heavy atom. The first-order valence-corrected chi connectivity index (χ1v) is 8.39. The fraction of sp³-hybridized carbons (Fsp3) is 0.467. The van der Waals surface area contributed by atoms with Crippen molar-refractivity contribution in [1.29, 1.82) is 0 Å². The number of halogens is 1. The normalized spacial score (nSPS) is 12.1. The Labute approximate surface area is 126 Å². The molecule has 0 saturated carbocycles. The van der Waals surface area contributed by atoms with Gasteiger partial charge in [0.25, 0.3) is 0 Å². The van der Waals surface area contributed by atoms with Crippen LogP contribution in [0, 0.1) is 5.82 Å².